The van der Waals surface area contributed by atoms with Gasteiger partial charge in [0.1, 0.15) is 0 Å². The van der Waals surface area contributed by atoms with Crippen LogP contribution in [0.5, 0.6) is 0 Å². The Bertz CT molecular complexity index is 360. The monoisotopic (exact) mass is 255 g/mol. The average Bonchev–Trinajstić information content (AvgIpc) is 2.55. The summed E-state index contributed by atoms with van der Waals surface area (Å²) in [5.41, 5.74) is -0.265. The first kappa shape index (κ1) is 13.3. The largest absolute Gasteiger partial charge is 0.465 e. The van der Waals surface area contributed by atoms with Crippen LogP contribution in [0.15, 0.2) is 0 Å². The molecule has 0 saturated carbocycles. The quantitative estimate of drug-likeness (QED) is 0.428. The third-order valence-electron chi connectivity index (χ3n) is 3.33. The van der Waals surface area contributed by atoms with Crippen LogP contribution in [0.1, 0.15) is 34.1 Å². The number of ether oxygens (including phenoxy) is 2. The standard InChI is InChI=1S/C13H21NO4/c1-5-17-12(16)9-10-8(18-13(2,3)4)6-7-14(10)11(9)15/h8-10H,5-7H2,1-4H3/t8-,9+,10-/m0/s1. The van der Waals surface area contributed by atoms with E-state index in [0.29, 0.717) is 13.2 Å². The van der Waals surface area contributed by atoms with Crippen LogP contribution in [0.4, 0.5) is 0 Å². The number of rotatable bonds is 3. The molecule has 0 unspecified atom stereocenters. The molecule has 0 aliphatic carbocycles. The van der Waals surface area contributed by atoms with E-state index in [1.165, 1.54) is 0 Å². The Labute approximate surface area is 107 Å². The molecule has 2 aliphatic rings. The molecule has 0 aromatic rings. The van der Waals surface area contributed by atoms with Gasteiger partial charge in [-0.15, -0.1) is 0 Å². The third-order valence-corrected chi connectivity index (χ3v) is 3.33. The number of hydrogen-bond donors (Lipinski definition) is 0. The lowest BCUT2D eigenvalue weighted by molar-refractivity contribution is -0.178. The van der Waals surface area contributed by atoms with Gasteiger partial charge in [0.15, 0.2) is 5.92 Å². The van der Waals surface area contributed by atoms with Crippen molar-refractivity contribution in [1.82, 2.24) is 4.90 Å². The molecule has 0 radical (unpaired) electrons. The fraction of sp³-hybridized carbons (Fsp3) is 0.846. The summed E-state index contributed by atoms with van der Waals surface area (Å²) < 4.78 is 10.9. The molecule has 5 heteroatoms. The van der Waals surface area contributed by atoms with E-state index >= 15 is 0 Å². The molecule has 0 aromatic carbocycles. The lowest BCUT2D eigenvalue weighted by atomic mass is 9.86. The fourth-order valence-electron chi connectivity index (χ4n) is 2.74. The molecule has 3 atom stereocenters. The van der Waals surface area contributed by atoms with E-state index in [1.54, 1.807) is 11.8 Å². The molecule has 5 nitrogen and oxygen atoms in total. The van der Waals surface area contributed by atoms with Crippen molar-refractivity contribution in [2.24, 2.45) is 5.92 Å². The third kappa shape index (κ3) is 2.23. The molecule has 0 spiro atoms. The molecule has 0 bridgehead atoms. The van der Waals surface area contributed by atoms with Crippen molar-refractivity contribution >= 4 is 11.9 Å². The Balaban J connectivity index is 2.06. The van der Waals surface area contributed by atoms with E-state index in [9.17, 15) is 9.59 Å². The van der Waals surface area contributed by atoms with E-state index in [4.69, 9.17) is 9.47 Å². The first-order valence-corrected chi connectivity index (χ1v) is 6.50. The highest BCUT2D eigenvalue weighted by Crippen LogP contribution is 2.39. The van der Waals surface area contributed by atoms with Gasteiger partial charge in [0, 0.05) is 6.54 Å². The van der Waals surface area contributed by atoms with Crippen molar-refractivity contribution in [3.05, 3.63) is 0 Å². The van der Waals surface area contributed by atoms with Crippen LogP contribution in [0.2, 0.25) is 0 Å². The van der Waals surface area contributed by atoms with Gasteiger partial charge in [-0.3, -0.25) is 9.59 Å². The topological polar surface area (TPSA) is 55.8 Å². The molecule has 2 rings (SSSR count). The van der Waals surface area contributed by atoms with Crippen molar-refractivity contribution in [3.63, 3.8) is 0 Å². The van der Waals surface area contributed by atoms with Gasteiger partial charge in [-0.2, -0.15) is 0 Å². The van der Waals surface area contributed by atoms with Crippen LogP contribution in [-0.4, -0.2) is 47.7 Å². The van der Waals surface area contributed by atoms with Gasteiger partial charge in [0.2, 0.25) is 5.91 Å². The van der Waals surface area contributed by atoms with Gasteiger partial charge < -0.3 is 14.4 Å². The number of amides is 1. The lowest BCUT2D eigenvalue weighted by Crippen LogP contribution is -2.64. The Morgan fingerprint density at radius 2 is 2.11 bits per heavy atom. The number of nitrogens with zero attached hydrogens (tertiary/aromatic N) is 1. The summed E-state index contributed by atoms with van der Waals surface area (Å²) in [7, 11) is 0. The minimum atomic E-state index is -0.653. The highest BCUT2D eigenvalue weighted by molar-refractivity contribution is 6.04. The van der Waals surface area contributed by atoms with Crippen LogP contribution in [0.3, 0.4) is 0 Å². The zero-order chi connectivity index (χ0) is 13.5. The zero-order valence-electron chi connectivity index (χ0n) is 11.4. The van der Waals surface area contributed by atoms with E-state index in [0.717, 1.165) is 6.42 Å². The first-order chi connectivity index (χ1) is 8.35. The SMILES string of the molecule is CCOC(=O)[C@H]1C(=O)N2CC[C@H](OC(C)(C)C)[C@@H]12. The normalized spacial score (nSPS) is 31.0. The summed E-state index contributed by atoms with van der Waals surface area (Å²) in [6, 6.07) is -0.129. The van der Waals surface area contributed by atoms with Crippen LogP contribution in [-0.2, 0) is 19.1 Å². The van der Waals surface area contributed by atoms with Crippen molar-refractivity contribution in [2.45, 2.75) is 51.9 Å². The lowest BCUT2D eigenvalue weighted by Gasteiger charge is -2.44. The molecular formula is C13H21NO4. The molecule has 102 valence electrons. The highest BCUT2D eigenvalue weighted by Gasteiger charge is 2.59. The summed E-state index contributed by atoms with van der Waals surface area (Å²) in [6.45, 7) is 8.68. The second kappa shape index (κ2) is 4.53. The predicted molar refractivity (Wildman–Crippen MR) is 64.9 cm³/mol. The van der Waals surface area contributed by atoms with Gasteiger partial charge in [0.05, 0.1) is 24.4 Å². The van der Waals surface area contributed by atoms with Gasteiger partial charge in [-0.1, -0.05) is 0 Å². The first-order valence-electron chi connectivity index (χ1n) is 6.50. The Morgan fingerprint density at radius 1 is 1.44 bits per heavy atom. The molecule has 0 aromatic heterocycles. The van der Waals surface area contributed by atoms with Crippen LogP contribution in [0, 0.1) is 5.92 Å². The Kier molecular flexibility index (Phi) is 3.36. The van der Waals surface area contributed by atoms with Crippen LogP contribution < -0.4 is 0 Å². The van der Waals surface area contributed by atoms with Gasteiger partial charge in [-0.05, 0) is 34.1 Å². The second-order valence-electron chi connectivity index (χ2n) is 5.81. The predicted octanol–water partition coefficient (Wildman–Crippen LogP) is 0.964. The maximum absolute atomic E-state index is 11.8. The average molecular weight is 255 g/mol. The number of fused-ring (bicyclic) bond motifs is 1. The molecule has 2 saturated heterocycles. The summed E-state index contributed by atoms with van der Waals surface area (Å²) in [4.78, 5) is 25.3. The molecule has 0 N–H and O–H groups in total. The maximum Gasteiger partial charge on any atom is 0.320 e. The Hall–Kier alpha value is -1.10. The van der Waals surface area contributed by atoms with E-state index < -0.39 is 11.9 Å². The summed E-state index contributed by atoms with van der Waals surface area (Å²) in [6.07, 6.45) is 0.737. The van der Waals surface area contributed by atoms with Crippen molar-refractivity contribution < 1.29 is 19.1 Å². The second-order valence-corrected chi connectivity index (χ2v) is 5.81. The van der Waals surface area contributed by atoms with E-state index in [-0.39, 0.29) is 23.7 Å². The minimum Gasteiger partial charge on any atom is -0.465 e. The Morgan fingerprint density at radius 3 is 2.67 bits per heavy atom. The molecule has 1 amide bonds. The van der Waals surface area contributed by atoms with Crippen molar-refractivity contribution in [3.8, 4) is 0 Å². The molecular weight excluding hydrogens is 234 g/mol. The van der Waals surface area contributed by atoms with Crippen molar-refractivity contribution in [1.29, 1.82) is 0 Å². The molecule has 2 aliphatic heterocycles. The van der Waals surface area contributed by atoms with Crippen molar-refractivity contribution in [2.75, 3.05) is 13.2 Å². The number of carbonyl (C=O) groups excluding carboxylic acids is 2. The van der Waals surface area contributed by atoms with Gasteiger partial charge >= 0.3 is 5.97 Å². The van der Waals surface area contributed by atoms with Crippen LogP contribution in [0.25, 0.3) is 0 Å². The number of hydrogen-bond acceptors (Lipinski definition) is 4. The van der Waals surface area contributed by atoms with Gasteiger partial charge in [0.25, 0.3) is 0 Å². The smallest absolute Gasteiger partial charge is 0.320 e. The maximum atomic E-state index is 11.8. The molecule has 18 heavy (non-hydrogen) atoms. The van der Waals surface area contributed by atoms with E-state index in [2.05, 4.69) is 0 Å². The highest BCUT2D eigenvalue weighted by atomic mass is 16.5. The molecule has 2 heterocycles. The summed E-state index contributed by atoms with van der Waals surface area (Å²) >= 11 is 0. The van der Waals surface area contributed by atoms with E-state index in [1.807, 2.05) is 20.8 Å². The summed E-state index contributed by atoms with van der Waals surface area (Å²) in [5, 5.41) is 0. The fourth-order valence-corrected chi connectivity index (χ4v) is 2.74. The number of carbonyl (C=O) groups is 2. The molecule has 2 fully saturated rings. The minimum absolute atomic E-state index is 0.0582. The number of esters is 1. The van der Waals surface area contributed by atoms with Gasteiger partial charge in [-0.25, -0.2) is 0 Å². The van der Waals surface area contributed by atoms with Crippen LogP contribution >= 0.6 is 0 Å². The zero-order valence-corrected chi connectivity index (χ0v) is 11.4. The number of β-lactam (4-membered cyclic amide) rings is 1. The summed E-state index contributed by atoms with van der Waals surface area (Å²) in [5.74, 6) is -1.17.